The molecule has 1 saturated heterocycles. The van der Waals surface area contributed by atoms with Gasteiger partial charge in [-0.25, -0.2) is 8.42 Å². The zero-order valence-corrected chi connectivity index (χ0v) is 12.6. The molecular weight excluding hydrogens is 294 g/mol. The molecule has 0 bridgehead atoms. The average Bonchev–Trinajstić information content (AvgIpc) is 2.41. The summed E-state index contributed by atoms with van der Waals surface area (Å²) in [6, 6.07) is 5.90. The maximum Gasteiger partial charge on any atom is 0.307 e. The van der Waals surface area contributed by atoms with Crippen LogP contribution in [0.4, 0.5) is 0 Å². The standard InChI is InChI=1S/C14H19NO5S/c1-10-9-15(7-6-13(10)16)21(19,20)12-4-2-11(3-5-12)8-14(17)18/h2-5,10,13,16H,6-9H2,1H3,(H,17,18). The van der Waals surface area contributed by atoms with E-state index >= 15 is 0 Å². The highest BCUT2D eigenvalue weighted by Gasteiger charge is 2.32. The van der Waals surface area contributed by atoms with Crippen molar-refractivity contribution in [3.63, 3.8) is 0 Å². The number of aliphatic hydroxyl groups is 1. The van der Waals surface area contributed by atoms with Gasteiger partial charge >= 0.3 is 5.97 Å². The molecule has 2 unspecified atom stereocenters. The minimum absolute atomic E-state index is 0.0974. The summed E-state index contributed by atoms with van der Waals surface area (Å²) in [5.74, 6) is -1.05. The Morgan fingerprint density at radius 1 is 1.33 bits per heavy atom. The largest absolute Gasteiger partial charge is 0.481 e. The maximum atomic E-state index is 12.5. The van der Waals surface area contributed by atoms with Gasteiger partial charge in [-0.1, -0.05) is 19.1 Å². The van der Waals surface area contributed by atoms with Crippen LogP contribution in [0.3, 0.4) is 0 Å². The highest BCUT2D eigenvalue weighted by Crippen LogP contribution is 2.24. The first-order chi connectivity index (χ1) is 9.80. The van der Waals surface area contributed by atoms with Crippen LogP contribution < -0.4 is 0 Å². The summed E-state index contributed by atoms with van der Waals surface area (Å²) in [5.41, 5.74) is 0.559. The molecule has 0 saturated carbocycles. The Labute approximate surface area is 124 Å². The summed E-state index contributed by atoms with van der Waals surface area (Å²) in [6.45, 7) is 2.41. The Hall–Kier alpha value is -1.44. The molecule has 6 nitrogen and oxygen atoms in total. The third kappa shape index (κ3) is 3.61. The Morgan fingerprint density at radius 2 is 1.95 bits per heavy atom. The molecule has 1 heterocycles. The lowest BCUT2D eigenvalue weighted by atomic mass is 9.99. The van der Waals surface area contributed by atoms with Crippen molar-refractivity contribution in [3.05, 3.63) is 29.8 Å². The van der Waals surface area contributed by atoms with Crippen LogP contribution in [0.2, 0.25) is 0 Å². The molecule has 0 radical (unpaired) electrons. The van der Waals surface area contributed by atoms with Crippen LogP contribution in [0.1, 0.15) is 18.9 Å². The van der Waals surface area contributed by atoms with Gasteiger partial charge < -0.3 is 10.2 Å². The molecule has 0 amide bonds. The van der Waals surface area contributed by atoms with Crippen molar-refractivity contribution >= 4 is 16.0 Å². The van der Waals surface area contributed by atoms with E-state index in [0.29, 0.717) is 25.1 Å². The van der Waals surface area contributed by atoms with Gasteiger partial charge in [-0.05, 0) is 30.0 Å². The normalized spacial score (nSPS) is 23.9. The van der Waals surface area contributed by atoms with Gasteiger partial charge in [0.25, 0.3) is 0 Å². The molecule has 0 aromatic heterocycles. The molecule has 1 aliphatic heterocycles. The van der Waals surface area contributed by atoms with Crippen molar-refractivity contribution in [1.82, 2.24) is 4.31 Å². The van der Waals surface area contributed by atoms with Crippen molar-refractivity contribution in [1.29, 1.82) is 0 Å². The molecule has 0 aliphatic carbocycles. The zero-order valence-electron chi connectivity index (χ0n) is 11.8. The monoisotopic (exact) mass is 313 g/mol. The molecule has 1 aromatic rings. The second-order valence-electron chi connectivity index (χ2n) is 5.41. The molecule has 0 spiro atoms. The van der Waals surface area contributed by atoms with Gasteiger partial charge in [0, 0.05) is 13.1 Å². The highest BCUT2D eigenvalue weighted by molar-refractivity contribution is 7.89. The van der Waals surface area contributed by atoms with Gasteiger partial charge in [-0.15, -0.1) is 0 Å². The fourth-order valence-electron chi connectivity index (χ4n) is 2.42. The third-order valence-electron chi connectivity index (χ3n) is 3.74. The molecule has 21 heavy (non-hydrogen) atoms. The Balaban J connectivity index is 2.18. The smallest absolute Gasteiger partial charge is 0.307 e. The SMILES string of the molecule is CC1CN(S(=O)(=O)c2ccc(CC(=O)O)cc2)CCC1O. The number of hydrogen-bond acceptors (Lipinski definition) is 4. The number of aliphatic hydroxyl groups excluding tert-OH is 1. The quantitative estimate of drug-likeness (QED) is 0.853. The average molecular weight is 313 g/mol. The molecule has 7 heteroatoms. The number of benzene rings is 1. The predicted octanol–water partition coefficient (Wildman–Crippen LogP) is 0.705. The fourth-order valence-corrected chi connectivity index (χ4v) is 3.97. The molecule has 2 atom stereocenters. The summed E-state index contributed by atoms with van der Waals surface area (Å²) in [7, 11) is -3.59. The van der Waals surface area contributed by atoms with Crippen molar-refractivity contribution < 1.29 is 23.4 Å². The third-order valence-corrected chi connectivity index (χ3v) is 5.62. The van der Waals surface area contributed by atoms with Crippen molar-refractivity contribution in [2.75, 3.05) is 13.1 Å². The van der Waals surface area contributed by atoms with Crippen molar-refractivity contribution in [3.8, 4) is 0 Å². The van der Waals surface area contributed by atoms with Crippen LogP contribution in [0, 0.1) is 5.92 Å². The van der Waals surface area contributed by atoms with E-state index in [1.54, 1.807) is 0 Å². The first kappa shape index (κ1) is 15.9. The lowest BCUT2D eigenvalue weighted by Crippen LogP contribution is -2.44. The Morgan fingerprint density at radius 3 is 2.48 bits per heavy atom. The van der Waals surface area contributed by atoms with Gasteiger partial charge in [0.05, 0.1) is 17.4 Å². The number of aliphatic carboxylic acids is 1. The molecule has 1 fully saturated rings. The van der Waals surface area contributed by atoms with Gasteiger partial charge in [-0.3, -0.25) is 4.79 Å². The summed E-state index contributed by atoms with van der Waals surface area (Å²) in [4.78, 5) is 10.8. The number of nitrogens with zero attached hydrogens (tertiary/aromatic N) is 1. The number of carboxylic acid groups (broad SMARTS) is 1. The molecule has 2 rings (SSSR count). The summed E-state index contributed by atoms with van der Waals surface area (Å²) < 4.78 is 26.4. The van der Waals surface area contributed by atoms with Gasteiger partial charge in [0.1, 0.15) is 0 Å². The van der Waals surface area contributed by atoms with E-state index in [4.69, 9.17) is 5.11 Å². The van der Waals surface area contributed by atoms with Crippen molar-refractivity contribution in [2.45, 2.75) is 30.8 Å². The molecule has 1 aliphatic rings. The van der Waals surface area contributed by atoms with Crippen LogP contribution in [-0.2, 0) is 21.2 Å². The summed E-state index contributed by atoms with van der Waals surface area (Å²) in [5, 5.41) is 18.4. The van der Waals surface area contributed by atoms with E-state index < -0.39 is 22.1 Å². The van der Waals surface area contributed by atoms with Crippen LogP contribution in [0.25, 0.3) is 0 Å². The number of carboxylic acids is 1. The van der Waals surface area contributed by atoms with Crippen LogP contribution >= 0.6 is 0 Å². The number of rotatable bonds is 4. The second-order valence-corrected chi connectivity index (χ2v) is 7.35. The van der Waals surface area contributed by atoms with Gasteiger partial charge in [-0.2, -0.15) is 4.31 Å². The Bertz CT molecular complexity index is 611. The first-order valence-electron chi connectivity index (χ1n) is 6.79. The number of piperidine rings is 1. The van der Waals surface area contributed by atoms with Crippen LogP contribution in [0.5, 0.6) is 0 Å². The number of carbonyl (C=O) groups is 1. The summed E-state index contributed by atoms with van der Waals surface area (Å²) >= 11 is 0. The summed E-state index contributed by atoms with van der Waals surface area (Å²) in [6.07, 6.45) is -0.167. The minimum Gasteiger partial charge on any atom is -0.481 e. The predicted molar refractivity (Wildman–Crippen MR) is 76.3 cm³/mol. The van der Waals surface area contributed by atoms with E-state index in [9.17, 15) is 18.3 Å². The number of sulfonamides is 1. The van der Waals surface area contributed by atoms with E-state index in [-0.39, 0.29) is 17.2 Å². The molecule has 2 N–H and O–H groups in total. The minimum atomic E-state index is -3.59. The number of hydrogen-bond donors (Lipinski definition) is 2. The fraction of sp³-hybridized carbons (Fsp3) is 0.500. The van der Waals surface area contributed by atoms with Gasteiger partial charge in [0.2, 0.25) is 10.0 Å². The molecular formula is C14H19NO5S. The van der Waals surface area contributed by atoms with E-state index in [1.165, 1.54) is 28.6 Å². The van der Waals surface area contributed by atoms with Crippen LogP contribution in [0.15, 0.2) is 29.2 Å². The van der Waals surface area contributed by atoms with E-state index in [2.05, 4.69) is 0 Å². The molecule has 1 aromatic carbocycles. The van der Waals surface area contributed by atoms with E-state index in [1.807, 2.05) is 6.92 Å². The van der Waals surface area contributed by atoms with E-state index in [0.717, 1.165) is 0 Å². The first-order valence-corrected chi connectivity index (χ1v) is 8.23. The Kier molecular flexibility index (Phi) is 4.65. The topological polar surface area (TPSA) is 94.9 Å². The zero-order chi connectivity index (χ0) is 15.6. The lowest BCUT2D eigenvalue weighted by molar-refractivity contribution is -0.136. The highest BCUT2D eigenvalue weighted by atomic mass is 32.2. The second kappa shape index (κ2) is 6.13. The lowest BCUT2D eigenvalue weighted by Gasteiger charge is -2.33. The van der Waals surface area contributed by atoms with Crippen molar-refractivity contribution in [2.24, 2.45) is 5.92 Å². The van der Waals surface area contributed by atoms with Crippen LogP contribution in [-0.4, -0.2) is 48.1 Å². The van der Waals surface area contributed by atoms with Gasteiger partial charge in [0.15, 0.2) is 0 Å². The molecule has 116 valence electrons. The maximum absolute atomic E-state index is 12.5.